The molecule has 2 atom stereocenters. The Morgan fingerprint density at radius 2 is 2.26 bits per heavy atom. The first-order valence-corrected chi connectivity index (χ1v) is 9.43. The average molecular weight is 372 g/mol. The van der Waals surface area contributed by atoms with Crippen molar-refractivity contribution in [3.05, 3.63) is 36.3 Å². The zero-order valence-corrected chi connectivity index (χ0v) is 16.4. The number of hydrogen-bond acceptors (Lipinski definition) is 5. The molecule has 1 fully saturated rings. The minimum Gasteiger partial charge on any atom is -0.444 e. The molecule has 2 unspecified atom stereocenters. The largest absolute Gasteiger partial charge is 0.444 e. The fourth-order valence-corrected chi connectivity index (χ4v) is 3.35. The van der Waals surface area contributed by atoms with E-state index >= 15 is 0 Å². The van der Waals surface area contributed by atoms with Crippen molar-refractivity contribution in [3.63, 3.8) is 0 Å². The Morgan fingerprint density at radius 1 is 1.44 bits per heavy atom. The molecule has 2 aromatic heterocycles. The van der Waals surface area contributed by atoms with Crippen LogP contribution >= 0.6 is 0 Å². The van der Waals surface area contributed by atoms with E-state index in [-0.39, 0.29) is 18.2 Å². The lowest BCUT2D eigenvalue weighted by molar-refractivity contribution is -0.0370. The van der Waals surface area contributed by atoms with Crippen LogP contribution in [0.3, 0.4) is 0 Å². The van der Waals surface area contributed by atoms with Crippen LogP contribution in [0.15, 0.2) is 30.7 Å². The summed E-state index contributed by atoms with van der Waals surface area (Å²) in [6.07, 6.45) is 6.57. The van der Waals surface area contributed by atoms with Crippen molar-refractivity contribution >= 4 is 6.09 Å². The SMILES string of the molecule is CCN(C(=O)OC(C)(C)C)C1CCOC(c2ccnc(-c3cn[nH]c3)c2)C1. The Bertz CT molecular complexity index is 755. The normalized spacial score (nSPS) is 20.3. The molecule has 2 aromatic rings. The predicted molar refractivity (Wildman–Crippen MR) is 102 cm³/mol. The maximum absolute atomic E-state index is 12.6. The van der Waals surface area contributed by atoms with E-state index in [0.29, 0.717) is 13.2 Å². The number of amides is 1. The molecule has 1 N–H and O–H groups in total. The molecule has 1 saturated heterocycles. The van der Waals surface area contributed by atoms with Gasteiger partial charge in [-0.2, -0.15) is 5.10 Å². The Labute approximate surface area is 160 Å². The van der Waals surface area contributed by atoms with Gasteiger partial charge in [-0.1, -0.05) is 0 Å². The molecule has 1 amide bonds. The number of hydrogen-bond donors (Lipinski definition) is 1. The van der Waals surface area contributed by atoms with Crippen molar-refractivity contribution in [1.29, 1.82) is 0 Å². The summed E-state index contributed by atoms with van der Waals surface area (Å²) < 4.78 is 11.6. The summed E-state index contributed by atoms with van der Waals surface area (Å²) in [4.78, 5) is 18.8. The lowest BCUT2D eigenvalue weighted by Gasteiger charge is -2.37. The number of ether oxygens (including phenoxy) is 2. The van der Waals surface area contributed by atoms with Gasteiger partial charge in [0.1, 0.15) is 5.60 Å². The van der Waals surface area contributed by atoms with E-state index in [1.165, 1.54) is 0 Å². The molecule has 1 aliphatic rings. The molecule has 0 spiro atoms. The van der Waals surface area contributed by atoms with Crippen molar-refractivity contribution in [2.75, 3.05) is 13.2 Å². The Kier molecular flexibility index (Phi) is 5.79. The van der Waals surface area contributed by atoms with Crippen molar-refractivity contribution in [1.82, 2.24) is 20.1 Å². The number of pyridine rings is 1. The first-order valence-electron chi connectivity index (χ1n) is 9.43. The Hall–Kier alpha value is -2.41. The van der Waals surface area contributed by atoms with Crippen LogP contribution in [0.1, 0.15) is 52.2 Å². The standard InChI is InChI=1S/C20H28N4O3/c1-5-24(19(25)27-20(2,3)4)16-7-9-26-18(11-16)14-6-8-21-17(10-14)15-12-22-23-13-15/h6,8,10,12-13,16,18H,5,7,9,11H2,1-4H3,(H,22,23). The van der Waals surface area contributed by atoms with Gasteiger partial charge in [-0.05, 0) is 58.2 Å². The van der Waals surface area contributed by atoms with Crippen LogP contribution in [0, 0.1) is 0 Å². The monoisotopic (exact) mass is 372 g/mol. The molecule has 0 bridgehead atoms. The van der Waals surface area contributed by atoms with Crippen LogP contribution in [0.5, 0.6) is 0 Å². The summed E-state index contributed by atoms with van der Waals surface area (Å²) in [7, 11) is 0. The number of carbonyl (C=O) groups is 1. The highest BCUT2D eigenvalue weighted by Gasteiger charge is 2.32. The quantitative estimate of drug-likeness (QED) is 0.879. The lowest BCUT2D eigenvalue weighted by Crippen LogP contribution is -2.46. The molecule has 0 saturated carbocycles. The number of carbonyl (C=O) groups excluding carboxylic acids is 1. The van der Waals surface area contributed by atoms with E-state index in [0.717, 1.165) is 29.7 Å². The van der Waals surface area contributed by atoms with E-state index in [1.807, 2.05) is 50.9 Å². The van der Waals surface area contributed by atoms with E-state index < -0.39 is 5.60 Å². The predicted octanol–water partition coefficient (Wildman–Crippen LogP) is 3.95. The van der Waals surface area contributed by atoms with Crippen LogP contribution < -0.4 is 0 Å². The number of rotatable bonds is 4. The van der Waals surface area contributed by atoms with Crippen LogP contribution in [0.2, 0.25) is 0 Å². The Morgan fingerprint density at radius 3 is 2.93 bits per heavy atom. The molecule has 0 aliphatic carbocycles. The average Bonchev–Trinajstić information content (AvgIpc) is 3.16. The van der Waals surface area contributed by atoms with Gasteiger partial charge in [-0.3, -0.25) is 10.1 Å². The summed E-state index contributed by atoms with van der Waals surface area (Å²) in [5, 5.41) is 6.79. The third kappa shape index (κ3) is 4.86. The van der Waals surface area contributed by atoms with Gasteiger partial charge >= 0.3 is 6.09 Å². The lowest BCUT2D eigenvalue weighted by atomic mass is 9.96. The number of H-pyrrole nitrogens is 1. The van der Waals surface area contributed by atoms with Gasteiger partial charge in [-0.15, -0.1) is 0 Å². The molecule has 1 aliphatic heterocycles. The van der Waals surface area contributed by atoms with Crippen molar-refractivity contribution < 1.29 is 14.3 Å². The second kappa shape index (κ2) is 8.08. The molecule has 3 rings (SSSR count). The van der Waals surface area contributed by atoms with Crippen molar-refractivity contribution in [3.8, 4) is 11.3 Å². The first kappa shape index (κ1) is 19.4. The van der Waals surface area contributed by atoms with E-state index in [4.69, 9.17) is 9.47 Å². The summed E-state index contributed by atoms with van der Waals surface area (Å²) in [6, 6.07) is 4.09. The number of aromatic nitrogens is 3. The summed E-state index contributed by atoms with van der Waals surface area (Å²) >= 11 is 0. The summed E-state index contributed by atoms with van der Waals surface area (Å²) in [5.74, 6) is 0. The highest BCUT2D eigenvalue weighted by atomic mass is 16.6. The summed E-state index contributed by atoms with van der Waals surface area (Å²) in [5.41, 5.74) is 2.35. The van der Waals surface area contributed by atoms with Gasteiger partial charge in [0, 0.05) is 37.2 Å². The van der Waals surface area contributed by atoms with E-state index in [1.54, 1.807) is 12.4 Å². The van der Waals surface area contributed by atoms with E-state index in [2.05, 4.69) is 15.2 Å². The minimum absolute atomic E-state index is 0.0751. The molecule has 7 heteroatoms. The van der Waals surface area contributed by atoms with Gasteiger partial charge in [-0.25, -0.2) is 4.79 Å². The fraction of sp³-hybridized carbons (Fsp3) is 0.550. The maximum Gasteiger partial charge on any atom is 0.410 e. The second-order valence-corrected chi connectivity index (χ2v) is 7.77. The number of nitrogens with one attached hydrogen (secondary N) is 1. The molecular formula is C20H28N4O3. The molecule has 146 valence electrons. The van der Waals surface area contributed by atoms with Gasteiger partial charge in [0.05, 0.1) is 18.0 Å². The number of nitrogens with zero attached hydrogens (tertiary/aromatic N) is 3. The van der Waals surface area contributed by atoms with Crippen LogP contribution in [0.25, 0.3) is 11.3 Å². The van der Waals surface area contributed by atoms with Gasteiger partial charge in [0.15, 0.2) is 0 Å². The first-order chi connectivity index (χ1) is 12.9. The molecule has 0 aromatic carbocycles. The van der Waals surface area contributed by atoms with Gasteiger partial charge in [0.25, 0.3) is 0 Å². The molecular weight excluding hydrogens is 344 g/mol. The highest BCUT2D eigenvalue weighted by molar-refractivity contribution is 5.68. The molecule has 0 radical (unpaired) electrons. The van der Waals surface area contributed by atoms with Crippen LogP contribution in [-0.4, -0.2) is 51.0 Å². The topological polar surface area (TPSA) is 80.3 Å². The molecule has 27 heavy (non-hydrogen) atoms. The Balaban J connectivity index is 1.74. The van der Waals surface area contributed by atoms with E-state index in [9.17, 15) is 4.79 Å². The third-order valence-corrected chi connectivity index (χ3v) is 4.62. The number of aromatic amines is 1. The molecule has 3 heterocycles. The van der Waals surface area contributed by atoms with Crippen LogP contribution in [-0.2, 0) is 9.47 Å². The maximum atomic E-state index is 12.6. The molecule has 7 nitrogen and oxygen atoms in total. The van der Waals surface area contributed by atoms with Crippen molar-refractivity contribution in [2.24, 2.45) is 0 Å². The smallest absolute Gasteiger partial charge is 0.410 e. The fourth-order valence-electron chi connectivity index (χ4n) is 3.35. The minimum atomic E-state index is -0.500. The zero-order chi connectivity index (χ0) is 19.4. The van der Waals surface area contributed by atoms with Gasteiger partial charge in [0.2, 0.25) is 0 Å². The highest BCUT2D eigenvalue weighted by Crippen LogP contribution is 2.32. The zero-order valence-electron chi connectivity index (χ0n) is 16.4. The van der Waals surface area contributed by atoms with Crippen molar-refractivity contribution in [2.45, 2.75) is 58.3 Å². The second-order valence-electron chi connectivity index (χ2n) is 7.77. The third-order valence-electron chi connectivity index (χ3n) is 4.62. The van der Waals surface area contributed by atoms with Crippen LogP contribution in [0.4, 0.5) is 4.79 Å². The van der Waals surface area contributed by atoms with Gasteiger partial charge < -0.3 is 14.4 Å². The summed E-state index contributed by atoms with van der Waals surface area (Å²) in [6.45, 7) is 8.87.